The average molecular weight is 372 g/mol. The van der Waals surface area contributed by atoms with E-state index in [0.29, 0.717) is 6.42 Å². The number of carbonyl (C=O) groups is 1. The monoisotopic (exact) mass is 371 g/mol. The molecule has 2 N–H and O–H groups in total. The summed E-state index contributed by atoms with van der Waals surface area (Å²) in [6, 6.07) is 0. The lowest BCUT2D eigenvalue weighted by Gasteiger charge is -2.03. The van der Waals surface area contributed by atoms with Crippen LogP contribution < -0.4 is 5.32 Å². The van der Waals surface area contributed by atoms with Crippen LogP contribution in [0.2, 0.25) is 0 Å². The van der Waals surface area contributed by atoms with Crippen molar-refractivity contribution in [2.24, 2.45) is 0 Å². The SMILES string of the molecule is CCCCC/C=C\C/C=C\CCCCCCCC(=O)NCCS(=O)O. The fourth-order valence-electron chi connectivity index (χ4n) is 2.46. The molecule has 0 saturated carbocycles. The zero-order chi connectivity index (χ0) is 18.6. The van der Waals surface area contributed by atoms with Gasteiger partial charge >= 0.3 is 0 Å². The standard InChI is InChI=1S/C20H37NO3S/c1-2-3-4-5-6-7-8-9-10-11-12-13-14-15-16-17-20(22)21-18-19-25(23)24/h6-7,9-10H,2-5,8,11-19H2,1H3,(H,21,22)(H,23,24)/b7-6-,10-9-. The highest BCUT2D eigenvalue weighted by atomic mass is 32.2. The molecule has 0 rings (SSSR count). The molecule has 5 heteroatoms. The van der Waals surface area contributed by atoms with E-state index in [0.717, 1.165) is 25.7 Å². The van der Waals surface area contributed by atoms with Crippen molar-refractivity contribution in [2.45, 2.75) is 84.0 Å². The minimum absolute atomic E-state index is 0.0175. The van der Waals surface area contributed by atoms with Gasteiger partial charge < -0.3 is 9.87 Å². The van der Waals surface area contributed by atoms with Crippen LogP contribution in [0.1, 0.15) is 84.0 Å². The Kier molecular flexibility index (Phi) is 18.7. The molecule has 0 aromatic heterocycles. The Morgan fingerprint density at radius 1 is 0.920 bits per heavy atom. The molecule has 1 atom stereocenters. The maximum Gasteiger partial charge on any atom is 0.220 e. The molecule has 0 radical (unpaired) electrons. The Morgan fingerprint density at radius 3 is 2.16 bits per heavy atom. The summed E-state index contributed by atoms with van der Waals surface area (Å²) < 4.78 is 19.0. The van der Waals surface area contributed by atoms with E-state index in [1.807, 2.05) is 0 Å². The van der Waals surface area contributed by atoms with Crippen molar-refractivity contribution >= 4 is 17.0 Å². The van der Waals surface area contributed by atoms with Gasteiger partial charge in [0.2, 0.25) is 5.91 Å². The topological polar surface area (TPSA) is 66.4 Å². The van der Waals surface area contributed by atoms with Crippen molar-refractivity contribution in [3.8, 4) is 0 Å². The highest BCUT2D eigenvalue weighted by molar-refractivity contribution is 7.79. The molecule has 4 nitrogen and oxygen atoms in total. The smallest absolute Gasteiger partial charge is 0.220 e. The predicted octanol–water partition coefficient (Wildman–Crippen LogP) is 5.14. The van der Waals surface area contributed by atoms with Crippen molar-refractivity contribution in [3.63, 3.8) is 0 Å². The van der Waals surface area contributed by atoms with Crippen LogP contribution in [0.3, 0.4) is 0 Å². The summed E-state index contributed by atoms with van der Waals surface area (Å²) in [5.41, 5.74) is 0. The van der Waals surface area contributed by atoms with Gasteiger partial charge in [0.15, 0.2) is 11.1 Å². The average Bonchev–Trinajstić information content (AvgIpc) is 2.58. The molecule has 146 valence electrons. The van der Waals surface area contributed by atoms with Gasteiger partial charge in [-0.3, -0.25) is 4.79 Å². The van der Waals surface area contributed by atoms with E-state index >= 15 is 0 Å². The van der Waals surface area contributed by atoms with Crippen molar-refractivity contribution in [1.82, 2.24) is 5.32 Å². The van der Waals surface area contributed by atoms with Crippen LogP contribution in [0.25, 0.3) is 0 Å². The van der Waals surface area contributed by atoms with Gasteiger partial charge in [-0.2, -0.15) is 0 Å². The highest BCUT2D eigenvalue weighted by Gasteiger charge is 2.01. The predicted molar refractivity (Wildman–Crippen MR) is 108 cm³/mol. The minimum Gasteiger partial charge on any atom is -0.355 e. The summed E-state index contributed by atoms with van der Waals surface area (Å²) in [5, 5.41) is 2.66. The van der Waals surface area contributed by atoms with E-state index in [2.05, 4.69) is 36.5 Å². The van der Waals surface area contributed by atoms with Gasteiger partial charge in [-0.1, -0.05) is 63.3 Å². The van der Waals surface area contributed by atoms with E-state index in [4.69, 9.17) is 4.55 Å². The van der Waals surface area contributed by atoms with Crippen molar-refractivity contribution in [1.29, 1.82) is 0 Å². The maximum atomic E-state index is 11.5. The van der Waals surface area contributed by atoms with Gasteiger partial charge in [-0.25, -0.2) is 4.21 Å². The third-order valence-corrected chi connectivity index (χ3v) is 4.51. The first-order valence-corrected chi connectivity index (χ1v) is 11.1. The van der Waals surface area contributed by atoms with Gasteiger partial charge in [0, 0.05) is 13.0 Å². The first-order chi connectivity index (χ1) is 12.2. The Labute approximate surface area is 156 Å². The molecule has 0 spiro atoms. The van der Waals surface area contributed by atoms with Crippen LogP contribution in [0.15, 0.2) is 24.3 Å². The van der Waals surface area contributed by atoms with Crippen molar-refractivity contribution in [3.05, 3.63) is 24.3 Å². The Morgan fingerprint density at radius 2 is 1.52 bits per heavy atom. The van der Waals surface area contributed by atoms with E-state index in [-0.39, 0.29) is 18.2 Å². The van der Waals surface area contributed by atoms with Gasteiger partial charge in [-0.05, 0) is 38.5 Å². The van der Waals surface area contributed by atoms with Crippen LogP contribution >= 0.6 is 0 Å². The normalized spacial score (nSPS) is 12.9. The third kappa shape index (κ3) is 21.0. The lowest BCUT2D eigenvalue weighted by atomic mass is 10.1. The summed E-state index contributed by atoms with van der Waals surface area (Å²) in [4.78, 5) is 11.5. The summed E-state index contributed by atoms with van der Waals surface area (Å²) >= 11 is -1.82. The number of nitrogens with one attached hydrogen (secondary N) is 1. The summed E-state index contributed by atoms with van der Waals surface area (Å²) in [5.74, 6) is 0.0876. The van der Waals surface area contributed by atoms with E-state index in [1.165, 1.54) is 44.9 Å². The molecule has 0 heterocycles. The van der Waals surface area contributed by atoms with Crippen LogP contribution in [-0.4, -0.2) is 27.0 Å². The molecule has 1 amide bonds. The van der Waals surface area contributed by atoms with Gasteiger partial charge in [0.05, 0.1) is 5.75 Å². The molecule has 0 aliphatic heterocycles. The highest BCUT2D eigenvalue weighted by Crippen LogP contribution is 2.08. The molecule has 0 bridgehead atoms. The Balaban J connectivity index is 3.28. The van der Waals surface area contributed by atoms with Crippen LogP contribution in [0.4, 0.5) is 0 Å². The lowest BCUT2D eigenvalue weighted by Crippen LogP contribution is -2.27. The summed E-state index contributed by atoms with van der Waals surface area (Å²) in [7, 11) is 0. The summed E-state index contributed by atoms with van der Waals surface area (Å²) in [6.07, 6.45) is 22.5. The molecule has 25 heavy (non-hydrogen) atoms. The molecule has 0 aromatic rings. The van der Waals surface area contributed by atoms with Crippen molar-refractivity contribution < 1.29 is 13.6 Å². The quantitative estimate of drug-likeness (QED) is 0.211. The number of allylic oxidation sites excluding steroid dienone is 4. The number of hydrogen-bond donors (Lipinski definition) is 2. The van der Waals surface area contributed by atoms with Crippen LogP contribution in [-0.2, 0) is 15.9 Å². The fourth-order valence-corrected chi connectivity index (χ4v) is 2.74. The molecule has 0 saturated heterocycles. The Bertz CT molecular complexity index is 394. The van der Waals surface area contributed by atoms with Crippen LogP contribution in [0.5, 0.6) is 0 Å². The third-order valence-electron chi connectivity index (χ3n) is 3.95. The molecular formula is C20H37NO3S. The molecule has 1 unspecified atom stereocenters. The second-order valence-corrected chi connectivity index (χ2v) is 7.41. The summed E-state index contributed by atoms with van der Waals surface area (Å²) in [6.45, 7) is 2.51. The van der Waals surface area contributed by atoms with Gasteiger partial charge in [-0.15, -0.1) is 0 Å². The fraction of sp³-hybridized carbons (Fsp3) is 0.750. The largest absolute Gasteiger partial charge is 0.355 e. The zero-order valence-corrected chi connectivity index (χ0v) is 16.7. The van der Waals surface area contributed by atoms with Crippen molar-refractivity contribution in [2.75, 3.05) is 12.3 Å². The minimum atomic E-state index is -1.82. The molecule has 0 aliphatic carbocycles. The number of unbranched alkanes of at least 4 members (excludes halogenated alkanes) is 8. The maximum absolute atomic E-state index is 11.5. The zero-order valence-electron chi connectivity index (χ0n) is 15.9. The number of amides is 1. The number of carbonyl (C=O) groups excluding carboxylic acids is 1. The first kappa shape index (κ1) is 24.1. The molecule has 0 fully saturated rings. The second kappa shape index (κ2) is 19.4. The first-order valence-electron chi connectivity index (χ1n) is 9.81. The van der Waals surface area contributed by atoms with E-state index in [1.54, 1.807) is 0 Å². The van der Waals surface area contributed by atoms with E-state index < -0.39 is 11.1 Å². The number of hydrogen-bond acceptors (Lipinski definition) is 2. The molecule has 0 aromatic carbocycles. The lowest BCUT2D eigenvalue weighted by molar-refractivity contribution is -0.121. The Hall–Kier alpha value is -0.940. The molecule has 0 aliphatic rings. The van der Waals surface area contributed by atoms with Gasteiger partial charge in [0.25, 0.3) is 0 Å². The van der Waals surface area contributed by atoms with E-state index in [9.17, 15) is 9.00 Å². The van der Waals surface area contributed by atoms with Gasteiger partial charge in [0.1, 0.15) is 0 Å². The van der Waals surface area contributed by atoms with Crippen LogP contribution in [0, 0.1) is 0 Å². The number of rotatable bonds is 17. The second-order valence-electron chi connectivity index (χ2n) is 6.36. The molecular weight excluding hydrogens is 334 g/mol.